The van der Waals surface area contributed by atoms with Gasteiger partial charge in [-0.25, -0.2) is 0 Å². The van der Waals surface area contributed by atoms with Crippen molar-refractivity contribution in [2.75, 3.05) is 13.1 Å². The highest BCUT2D eigenvalue weighted by molar-refractivity contribution is 5.42. The fourth-order valence-corrected chi connectivity index (χ4v) is 2.75. The Bertz CT molecular complexity index is 383. The Morgan fingerprint density at radius 1 is 1.43 bits per heavy atom. The predicted octanol–water partition coefficient (Wildman–Crippen LogP) is 0.692. The molecule has 14 heavy (non-hydrogen) atoms. The average molecular weight is 185 g/mol. The molecule has 2 atom stereocenters. The van der Waals surface area contributed by atoms with E-state index in [1.807, 2.05) is 18.2 Å². The molecule has 2 unspecified atom stereocenters. The van der Waals surface area contributed by atoms with Crippen LogP contribution in [0.3, 0.4) is 0 Å². The topological polar surface area (TPSA) is 48.7 Å². The summed E-state index contributed by atoms with van der Waals surface area (Å²) in [6.07, 6.45) is 1.77. The molecule has 3 rings (SSSR count). The smallest absolute Gasteiger partial charge is 0.108 e. The fraction of sp³-hybridized carbons (Fsp3) is 0.455. The molecule has 70 valence electrons. The van der Waals surface area contributed by atoms with Crippen LogP contribution in [0.4, 0.5) is 0 Å². The number of hydrogen-bond acceptors (Lipinski definition) is 3. The van der Waals surface area contributed by atoms with Gasteiger partial charge in [-0.2, -0.15) is 5.26 Å². The van der Waals surface area contributed by atoms with Gasteiger partial charge in [0.2, 0.25) is 0 Å². The van der Waals surface area contributed by atoms with Crippen molar-refractivity contribution in [3.63, 3.8) is 0 Å². The van der Waals surface area contributed by atoms with E-state index in [4.69, 9.17) is 0 Å². The maximum Gasteiger partial charge on any atom is 0.108 e. The van der Waals surface area contributed by atoms with Gasteiger partial charge in [-0.05, 0) is 12.1 Å². The second-order valence-electron chi connectivity index (χ2n) is 4.07. The minimum Gasteiger partial charge on any atom is -0.316 e. The number of pyridine rings is 1. The van der Waals surface area contributed by atoms with Crippen molar-refractivity contribution in [3.8, 4) is 6.07 Å². The van der Waals surface area contributed by atoms with E-state index < -0.39 is 0 Å². The fourth-order valence-electron chi connectivity index (χ4n) is 2.75. The number of rotatable bonds is 1. The molecule has 1 saturated carbocycles. The van der Waals surface area contributed by atoms with Crippen molar-refractivity contribution in [2.24, 2.45) is 11.8 Å². The number of piperidine rings is 1. The van der Waals surface area contributed by atoms with Gasteiger partial charge in [-0.3, -0.25) is 4.98 Å². The standard InChI is InChI=1S/C11H11N3/c12-7-11(8-5-13-6-9(8)11)10-3-1-2-4-14-10/h1-4,8-9,13H,5-6H2. The second-order valence-corrected chi connectivity index (χ2v) is 4.07. The Balaban J connectivity index is 2.03. The van der Waals surface area contributed by atoms with E-state index in [9.17, 15) is 5.26 Å². The van der Waals surface area contributed by atoms with Gasteiger partial charge in [-0.15, -0.1) is 0 Å². The molecule has 1 N–H and O–H groups in total. The van der Waals surface area contributed by atoms with Crippen LogP contribution in [0.2, 0.25) is 0 Å². The van der Waals surface area contributed by atoms with Gasteiger partial charge >= 0.3 is 0 Å². The summed E-state index contributed by atoms with van der Waals surface area (Å²) in [7, 11) is 0. The third-order valence-electron chi connectivity index (χ3n) is 3.55. The van der Waals surface area contributed by atoms with Crippen LogP contribution in [-0.2, 0) is 5.41 Å². The molecule has 1 saturated heterocycles. The van der Waals surface area contributed by atoms with Crippen LogP contribution in [0.5, 0.6) is 0 Å². The van der Waals surface area contributed by atoms with Crippen molar-refractivity contribution >= 4 is 0 Å². The van der Waals surface area contributed by atoms with Gasteiger partial charge in [0.15, 0.2) is 0 Å². The second kappa shape index (κ2) is 2.55. The molecular weight excluding hydrogens is 174 g/mol. The van der Waals surface area contributed by atoms with Crippen molar-refractivity contribution in [1.29, 1.82) is 5.26 Å². The molecule has 1 aliphatic heterocycles. The molecule has 0 aromatic carbocycles. The summed E-state index contributed by atoms with van der Waals surface area (Å²) < 4.78 is 0. The lowest BCUT2D eigenvalue weighted by atomic mass is 9.97. The molecule has 2 aliphatic rings. The van der Waals surface area contributed by atoms with E-state index in [-0.39, 0.29) is 5.41 Å². The molecular formula is C11H11N3. The Morgan fingerprint density at radius 3 is 2.79 bits per heavy atom. The van der Waals surface area contributed by atoms with E-state index in [1.54, 1.807) is 6.20 Å². The number of aromatic nitrogens is 1. The highest BCUT2D eigenvalue weighted by Gasteiger charge is 2.69. The first-order valence-corrected chi connectivity index (χ1v) is 4.93. The molecule has 2 heterocycles. The molecule has 0 bridgehead atoms. The summed E-state index contributed by atoms with van der Waals surface area (Å²) in [5.41, 5.74) is 0.686. The molecule has 3 heteroatoms. The summed E-state index contributed by atoms with van der Waals surface area (Å²) in [6.45, 7) is 1.93. The zero-order valence-corrected chi connectivity index (χ0v) is 7.77. The zero-order chi connectivity index (χ0) is 9.60. The molecule has 0 amide bonds. The molecule has 3 nitrogen and oxygen atoms in total. The first-order chi connectivity index (χ1) is 6.89. The van der Waals surface area contributed by atoms with E-state index in [0.717, 1.165) is 18.8 Å². The van der Waals surface area contributed by atoms with Crippen LogP contribution in [0.1, 0.15) is 5.69 Å². The van der Waals surface area contributed by atoms with E-state index in [1.165, 1.54) is 0 Å². The lowest BCUT2D eigenvalue weighted by Gasteiger charge is -2.11. The Morgan fingerprint density at radius 2 is 2.21 bits per heavy atom. The monoisotopic (exact) mass is 185 g/mol. The summed E-state index contributed by atoms with van der Waals surface area (Å²) in [4.78, 5) is 4.32. The van der Waals surface area contributed by atoms with Gasteiger partial charge < -0.3 is 5.32 Å². The van der Waals surface area contributed by atoms with Crippen molar-refractivity contribution in [3.05, 3.63) is 30.1 Å². The van der Waals surface area contributed by atoms with E-state index in [0.29, 0.717) is 11.8 Å². The van der Waals surface area contributed by atoms with Gasteiger partial charge in [0, 0.05) is 31.1 Å². The third kappa shape index (κ3) is 0.771. The number of nitrogens with zero attached hydrogens (tertiary/aromatic N) is 2. The predicted molar refractivity (Wildman–Crippen MR) is 51.4 cm³/mol. The summed E-state index contributed by atoms with van der Waals surface area (Å²) in [5, 5.41) is 12.6. The highest BCUT2D eigenvalue weighted by atomic mass is 15.0. The lowest BCUT2D eigenvalue weighted by Crippen LogP contribution is -2.24. The number of nitrogens with one attached hydrogen (secondary N) is 1. The van der Waals surface area contributed by atoms with Crippen LogP contribution in [-0.4, -0.2) is 18.1 Å². The van der Waals surface area contributed by atoms with Crippen LogP contribution < -0.4 is 5.32 Å². The SMILES string of the molecule is N#CC1(c2ccccn2)C2CNCC21. The van der Waals surface area contributed by atoms with Gasteiger partial charge in [0.1, 0.15) is 5.41 Å². The minimum absolute atomic E-state index is 0.271. The highest BCUT2D eigenvalue weighted by Crippen LogP contribution is 2.60. The molecule has 1 aliphatic carbocycles. The Labute approximate surface area is 82.8 Å². The van der Waals surface area contributed by atoms with Crippen molar-refractivity contribution < 1.29 is 0 Å². The lowest BCUT2D eigenvalue weighted by molar-refractivity contribution is 0.600. The molecule has 1 aromatic rings. The molecule has 1 aromatic heterocycles. The van der Waals surface area contributed by atoms with E-state index in [2.05, 4.69) is 16.4 Å². The van der Waals surface area contributed by atoms with Gasteiger partial charge in [-0.1, -0.05) is 6.07 Å². The van der Waals surface area contributed by atoms with E-state index >= 15 is 0 Å². The molecule has 2 fully saturated rings. The largest absolute Gasteiger partial charge is 0.316 e. The van der Waals surface area contributed by atoms with Crippen LogP contribution in [0, 0.1) is 23.2 Å². The molecule has 0 radical (unpaired) electrons. The minimum atomic E-state index is -0.271. The van der Waals surface area contributed by atoms with Crippen LogP contribution in [0.25, 0.3) is 0 Å². The number of hydrogen-bond donors (Lipinski definition) is 1. The van der Waals surface area contributed by atoms with Crippen LogP contribution >= 0.6 is 0 Å². The zero-order valence-electron chi connectivity index (χ0n) is 7.77. The maximum atomic E-state index is 9.30. The van der Waals surface area contributed by atoms with Gasteiger partial charge in [0.05, 0.1) is 11.8 Å². The summed E-state index contributed by atoms with van der Waals surface area (Å²) in [6, 6.07) is 8.30. The van der Waals surface area contributed by atoms with Crippen LogP contribution in [0.15, 0.2) is 24.4 Å². The quantitative estimate of drug-likeness (QED) is 0.700. The normalized spacial score (nSPS) is 38.8. The Hall–Kier alpha value is -1.40. The van der Waals surface area contributed by atoms with Crippen molar-refractivity contribution in [1.82, 2.24) is 10.3 Å². The van der Waals surface area contributed by atoms with Crippen molar-refractivity contribution in [2.45, 2.75) is 5.41 Å². The Kier molecular flexibility index (Phi) is 1.45. The molecule has 0 spiro atoms. The summed E-state index contributed by atoms with van der Waals surface area (Å²) in [5.74, 6) is 0.977. The third-order valence-corrected chi connectivity index (χ3v) is 3.55. The first kappa shape index (κ1) is 7.95. The maximum absolute atomic E-state index is 9.30. The number of fused-ring (bicyclic) bond motifs is 1. The first-order valence-electron chi connectivity index (χ1n) is 4.93. The average Bonchev–Trinajstić information content (AvgIpc) is 2.62. The van der Waals surface area contributed by atoms with Gasteiger partial charge in [0.25, 0.3) is 0 Å². The number of nitriles is 1. The summed E-state index contributed by atoms with van der Waals surface area (Å²) >= 11 is 0.